The Hall–Kier alpha value is -2.39. The second kappa shape index (κ2) is 7.45. The molecule has 0 saturated carbocycles. The molecule has 2 N–H and O–H groups in total. The molecule has 2 amide bonds. The minimum absolute atomic E-state index is 0.0574. The fraction of sp³-hybridized carbons (Fsp3) is 0.267. The van der Waals surface area contributed by atoms with E-state index in [4.69, 9.17) is 9.84 Å². The molecule has 1 aliphatic heterocycles. The summed E-state index contributed by atoms with van der Waals surface area (Å²) in [6.07, 6.45) is 1.14. The topological polar surface area (TPSA) is 105 Å². The van der Waals surface area contributed by atoms with Gasteiger partial charge in [-0.3, -0.25) is 14.5 Å². The molecular weight excluding hydrogens is 384 g/mol. The van der Waals surface area contributed by atoms with Gasteiger partial charge in [0.1, 0.15) is 17.0 Å². The number of hydrogen-bond acceptors (Lipinski definition) is 7. The molecule has 128 valence electrons. The maximum atomic E-state index is 12.1. The van der Waals surface area contributed by atoms with Crippen LogP contribution >= 0.6 is 15.9 Å². The second-order valence-corrected chi connectivity index (χ2v) is 5.58. The van der Waals surface area contributed by atoms with Crippen LogP contribution in [0.25, 0.3) is 0 Å². The number of carbonyl (C=O) groups excluding carboxylic acids is 3. The number of esters is 1. The molecule has 0 spiro atoms. The predicted molar refractivity (Wildman–Crippen MR) is 87.5 cm³/mol. The Morgan fingerprint density at radius 3 is 2.62 bits per heavy atom. The molecule has 0 aromatic heterocycles. The van der Waals surface area contributed by atoms with E-state index >= 15 is 0 Å². The van der Waals surface area contributed by atoms with Crippen molar-refractivity contribution in [2.24, 2.45) is 0 Å². The van der Waals surface area contributed by atoms with E-state index in [9.17, 15) is 14.4 Å². The van der Waals surface area contributed by atoms with Gasteiger partial charge in [-0.1, -0.05) is 0 Å². The van der Waals surface area contributed by atoms with E-state index in [2.05, 4.69) is 26.0 Å². The zero-order valence-electron chi connectivity index (χ0n) is 13.0. The maximum absolute atomic E-state index is 12.1. The van der Waals surface area contributed by atoms with Crippen molar-refractivity contribution < 1.29 is 29.0 Å². The molecule has 0 radical (unpaired) electrons. The number of methoxy groups -OCH3 is 2. The van der Waals surface area contributed by atoms with Crippen LogP contribution in [0.5, 0.6) is 5.75 Å². The summed E-state index contributed by atoms with van der Waals surface area (Å²) in [6, 6.07) is 2.99. The van der Waals surface area contributed by atoms with E-state index in [0.717, 1.165) is 11.0 Å². The molecule has 1 heterocycles. The third-order valence-corrected chi connectivity index (χ3v) is 3.95. The Kier molecular flexibility index (Phi) is 5.58. The lowest BCUT2D eigenvalue weighted by molar-refractivity contribution is -0.137. The van der Waals surface area contributed by atoms with Crippen LogP contribution < -0.4 is 10.1 Å². The van der Waals surface area contributed by atoms with Crippen molar-refractivity contribution in [1.82, 2.24) is 4.90 Å². The van der Waals surface area contributed by atoms with Gasteiger partial charge in [0, 0.05) is 16.6 Å². The van der Waals surface area contributed by atoms with Gasteiger partial charge in [0.2, 0.25) is 0 Å². The molecule has 1 aliphatic rings. The summed E-state index contributed by atoms with van der Waals surface area (Å²) in [4.78, 5) is 36.5. The molecule has 24 heavy (non-hydrogen) atoms. The molecule has 9 heteroatoms. The van der Waals surface area contributed by atoms with Crippen LogP contribution in [0.3, 0.4) is 0 Å². The zero-order valence-corrected chi connectivity index (χ0v) is 14.5. The molecule has 1 aromatic rings. The first-order valence-electron chi connectivity index (χ1n) is 6.84. The number of nitrogens with one attached hydrogen (secondary N) is 1. The number of benzene rings is 1. The molecule has 1 aromatic carbocycles. The van der Waals surface area contributed by atoms with Gasteiger partial charge in [0.25, 0.3) is 11.8 Å². The third-order valence-electron chi connectivity index (χ3n) is 3.30. The molecule has 0 atom stereocenters. The number of carbonyl (C=O) groups is 3. The van der Waals surface area contributed by atoms with Crippen molar-refractivity contribution in [1.29, 1.82) is 0 Å². The zero-order chi connectivity index (χ0) is 17.9. The summed E-state index contributed by atoms with van der Waals surface area (Å²) in [7, 11) is 2.65. The Morgan fingerprint density at radius 1 is 1.33 bits per heavy atom. The highest BCUT2D eigenvalue weighted by Crippen LogP contribution is 2.33. The monoisotopic (exact) mass is 398 g/mol. The summed E-state index contributed by atoms with van der Waals surface area (Å²) in [5, 5.41) is 11.7. The van der Waals surface area contributed by atoms with Crippen LogP contribution in [0.4, 0.5) is 5.69 Å². The van der Waals surface area contributed by atoms with Crippen molar-refractivity contribution in [2.45, 2.75) is 0 Å². The average Bonchev–Trinajstić information content (AvgIpc) is 2.83. The van der Waals surface area contributed by atoms with Gasteiger partial charge < -0.3 is 19.9 Å². The SMILES string of the molecule is COC(=O)c1cc(Br)c(NC2=CC(=O)N(CCO)C2=O)cc1OC. The summed E-state index contributed by atoms with van der Waals surface area (Å²) in [6.45, 7) is -0.394. The highest BCUT2D eigenvalue weighted by Gasteiger charge is 2.31. The van der Waals surface area contributed by atoms with E-state index in [-0.39, 0.29) is 30.2 Å². The summed E-state index contributed by atoms with van der Waals surface area (Å²) >= 11 is 3.29. The van der Waals surface area contributed by atoms with E-state index in [1.807, 2.05) is 0 Å². The predicted octanol–water partition coefficient (Wildman–Crippen LogP) is 0.901. The molecule has 0 fully saturated rings. The second-order valence-electron chi connectivity index (χ2n) is 4.73. The first-order chi connectivity index (χ1) is 11.4. The summed E-state index contributed by atoms with van der Waals surface area (Å²) < 4.78 is 10.3. The number of ether oxygens (including phenoxy) is 2. The first kappa shape index (κ1) is 18.0. The molecular formula is C15H15BrN2O6. The van der Waals surface area contributed by atoms with Gasteiger partial charge in [-0.05, 0) is 22.0 Å². The van der Waals surface area contributed by atoms with Crippen LogP contribution in [0.2, 0.25) is 0 Å². The number of amides is 2. The Morgan fingerprint density at radius 2 is 2.04 bits per heavy atom. The third kappa shape index (κ3) is 3.41. The molecule has 0 aliphatic carbocycles. The number of aliphatic hydroxyl groups excluding tert-OH is 1. The van der Waals surface area contributed by atoms with Crippen molar-refractivity contribution >= 4 is 39.4 Å². The van der Waals surface area contributed by atoms with Crippen molar-refractivity contribution in [3.8, 4) is 5.75 Å². The summed E-state index contributed by atoms with van der Waals surface area (Å²) in [5.74, 6) is -1.38. The van der Waals surface area contributed by atoms with E-state index in [1.165, 1.54) is 26.4 Å². The lowest BCUT2D eigenvalue weighted by atomic mass is 10.1. The van der Waals surface area contributed by atoms with Gasteiger partial charge in [-0.25, -0.2) is 4.79 Å². The van der Waals surface area contributed by atoms with Crippen molar-refractivity contribution in [3.63, 3.8) is 0 Å². The molecule has 0 bridgehead atoms. The van der Waals surface area contributed by atoms with Crippen LogP contribution in [-0.2, 0) is 14.3 Å². The van der Waals surface area contributed by atoms with Gasteiger partial charge in [0.05, 0.1) is 33.1 Å². The Labute approximate surface area is 146 Å². The number of imide groups is 1. The van der Waals surface area contributed by atoms with Crippen LogP contribution in [-0.4, -0.2) is 55.2 Å². The Bertz CT molecular complexity index is 731. The number of anilines is 1. The Balaban J connectivity index is 2.31. The first-order valence-corrected chi connectivity index (χ1v) is 7.63. The number of nitrogens with zero attached hydrogens (tertiary/aromatic N) is 1. The van der Waals surface area contributed by atoms with E-state index < -0.39 is 17.8 Å². The van der Waals surface area contributed by atoms with Crippen LogP contribution in [0.15, 0.2) is 28.4 Å². The smallest absolute Gasteiger partial charge is 0.341 e. The fourth-order valence-corrected chi connectivity index (χ4v) is 2.59. The largest absolute Gasteiger partial charge is 0.496 e. The van der Waals surface area contributed by atoms with Crippen LogP contribution in [0, 0.1) is 0 Å². The standard InChI is InChI=1S/C15H15BrN2O6/c1-23-12-6-10(9(16)5-8(12)15(22)24-2)17-11-7-13(20)18(3-4-19)14(11)21/h5-7,17,19H,3-4H2,1-2H3. The average molecular weight is 399 g/mol. The van der Waals surface area contributed by atoms with Gasteiger partial charge in [-0.15, -0.1) is 0 Å². The quantitative estimate of drug-likeness (QED) is 0.541. The van der Waals surface area contributed by atoms with Crippen molar-refractivity contribution in [2.75, 3.05) is 32.7 Å². The van der Waals surface area contributed by atoms with Gasteiger partial charge in [0.15, 0.2) is 0 Å². The number of rotatable bonds is 6. The fourth-order valence-electron chi connectivity index (χ4n) is 2.14. The lowest BCUT2D eigenvalue weighted by Gasteiger charge is -2.15. The highest BCUT2D eigenvalue weighted by atomic mass is 79.9. The minimum atomic E-state index is -0.570. The molecule has 0 saturated heterocycles. The number of aliphatic hydroxyl groups is 1. The van der Waals surface area contributed by atoms with E-state index in [0.29, 0.717) is 10.2 Å². The lowest BCUT2D eigenvalue weighted by Crippen LogP contribution is -2.34. The molecule has 8 nitrogen and oxygen atoms in total. The highest BCUT2D eigenvalue weighted by molar-refractivity contribution is 9.10. The molecule has 0 unspecified atom stereocenters. The van der Waals surface area contributed by atoms with Gasteiger partial charge in [-0.2, -0.15) is 0 Å². The number of hydrogen-bond donors (Lipinski definition) is 2. The normalized spacial score (nSPS) is 13.8. The maximum Gasteiger partial charge on any atom is 0.341 e. The van der Waals surface area contributed by atoms with Gasteiger partial charge >= 0.3 is 5.97 Å². The minimum Gasteiger partial charge on any atom is -0.496 e. The van der Waals surface area contributed by atoms with Crippen LogP contribution in [0.1, 0.15) is 10.4 Å². The summed E-state index contributed by atoms with van der Waals surface area (Å²) in [5.41, 5.74) is 0.696. The van der Waals surface area contributed by atoms with E-state index in [1.54, 1.807) is 0 Å². The number of β-amino-alcohol motifs (C(OH)–C–C–N with tert-alkyl or cyclic N) is 1. The number of halogens is 1. The van der Waals surface area contributed by atoms with Crippen molar-refractivity contribution in [3.05, 3.63) is 33.9 Å². The molecule has 2 rings (SSSR count).